The topological polar surface area (TPSA) is 90.0 Å². The van der Waals surface area contributed by atoms with Crippen LogP contribution in [0.25, 0.3) is 0 Å². The van der Waals surface area contributed by atoms with E-state index in [0.717, 1.165) is 17.1 Å². The molecule has 0 aromatic heterocycles. The summed E-state index contributed by atoms with van der Waals surface area (Å²) >= 11 is 0. The second-order valence-electron chi connectivity index (χ2n) is 3.07. The van der Waals surface area contributed by atoms with Crippen LogP contribution < -0.4 is 0 Å². The van der Waals surface area contributed by atoms with Crippen molar-refractivity contribution in [2.24, 2.45) is 0 Å². The summed E-state index contributed by atoms with van der Waals surface area (Å²) in [6, 6.07) is 0. The highest BCUT2D eigenvalue weighted by molar-refractivity contribution is 5.91. The third kappa shape index (κ3) is 6.41. The third-order valence-electron chi connectivity index (χ3n) is 1.88. The highest BCUT2D eigenvalue weighted by Crippen LogP contribution is 1.91. The van der Waals surface area contributed by atoms with Crippen molar-refractivity contribution in [2.45, 2.75) is 13.3 Å². The van der Waals surface area contributed by atoms with Crippen LogP contribution in [0.4, 0.5) is 0 Å². The van der Waals surface area contributed by atoms with Crippen molar-refractivity contribution in [3.8, 4) is 0 Å². The minimum absolute atomic E-state index is 0.0199. The molecule has 0 unspecified atom stereocenters. The zero-order valence-electron chi connectivity index (χ0n) is 10.3. The summed E-state index contributed by atoms with van der Waals surface area (Å²) in [6.45, 7) is 1.47. The maximum absolute atomic E-state index is 11.2. The molecule has 0 atom stereocenters. The SMILES string of the molecule is CCC(=O)N(C=O)CCOC(=O)/C=C/C(=O)OC. The van der Waals surface area contributed by atoms with Gasteiger partial charge in [0, 0.05) is 18.6 Å². The molecular formula is C11H15NO6. The van der Waals surface area contributed by atoms with Gasteiger partial charge in [0.05, 0.1) is 13.7 Å². The van der Waals surface area contributed by atoms with Crippen molar-refractivity contribution in [3.63, 3.8) is 0 Å². The minimum Gasteiger partial charge on any atom is -0.466 e. The Kier molecular flexibility index (Phi) is 7.83. The Labute approximate surface area is 104 Å². The Balaban J connectivity index is 4.00. The average molecular weight is 257 g/mol. The summed E-state index contributed by atoms with van der Waals surface area (Å²) in [5.74, 6) is -1.79. The summed E-state index contributed by atoms with van der Waals surface area (Å²) in [5.41, 5.74) is 0. The van der Waals surface area contributed by atoms with E-state index in [1.165, 1.54) is 7.11 Å². The molecule has 18 heavy (non-hydrogen) atoms. The van der Waals surface area contributed by atoms with Crippen LogP contribution in [0.15, 0.2) is 12.2 Å². The molecule has 0 heterocycles. The average Bonchev–Trinajstić information content (AvgIpc) is 2.39. The molecule has 0 rings (SSSR count). The van der Waals surface area contributed by atoms with Gasteiger partial charge in [0.25, 0.3) is 0 Å². The van der Waals surface area contributed by atoms with Gasteiger partial charge in [-0.05, 0) is 0 Å². The van der Waals surface area contributed by atoms with E-state index >= 15 is 0 Å². The predicted molar refractivity (Wildman–Crippen MR) is 60.2 cm³/mol. The fourth-order valence-electron chi connectivity index (χ4n) is 0.936. The number of nitrogens with zero attached hydrogens (tertiary/aromatic N) is 1. The van der Waals surface area contributed by atoms with E-state index < -0.39 is 11.9 Å². The summed E-state index contributed by atoms with van der Waals surface area (Å²) in [5, 5.41) is 0. The first-order valence-electron chi connectivity index (χ1n) is 5.22. The van der Waals surface area contributed by atoms with Crippen LogP contribution in [0, 0.1) is 0 Å². The van der Waals surface area contributed by atoms with Gasteiger partial charge < -0.3 is 9.47 Å². The van der Waals surface area contributed by atoms with Gasteiger partial charge >= 0.3 is 11.9 Å². The monoisotopic (exact) mass is 257 g/mol. The normalized spacial score (nSPS) is 9.89. The van der Waals surface area contributed by atoms with Crippen LogP contribution in [-0.4, -0.2) is 49.4 Å². The lowest BCUT2D eigenvalue weighted by molar-refractivity contribution is -0.144. The Morgan fingerprint density at radius 1 is 1.17 bits per heavy atom. The van der Waals surface area contributed by atoms with Gasteiger partial charge in [-0.1, -0.05) is 6.92 Å². The van der Waals surface area contributed by atoms with Crippen molar-refractivity contribution in [1.29, 1.82) is 0 Å². The fourth-order valence-corrected chi connectivity index (χ4v) is 0.936. The number of hydrogen-bond acceptors (Lipinski definition) is 6. The molecule has 0 aliphatic carbocycles. The standard InChI is InChI=1S/C11H15NO6/c1-3-9(14)12(8-13)6-7-18-11(16)5-4-10(15)17-2/h4-5,8H,3,6-7H2,1-2H3/b5-4+. The molecule has 0 bridgehead atoms. The van der Waals surface area contributed by atoms with Crippen molar-refractivity contribution in [2.75, 3.05) is 20.3 Å². The largest absolute Gasteiger partial charge is 0.466 e. The Bertz CT molecular complexity index is 349. The van der Waals surface area contributed by atoms with Gasteiger partial charge in [-0.3, -0.25) is 14.5 Å². The molecule has 2 amide bonds. The number of rotatable bonds is 7. The molecule has 0 aromatic rings. The first-order valence-corrected chi connectivity index (χ1v) is 5.22. The molecule has 0 radical (unpaired) electrons. The number of carbonyl (C=O) groups excluding carboxylic acids is 4. The smallest absolute Gasteiger partial charge is 0.331 e. The van der Waals surface area contributed by atoms with E-state index in [2.05, 4.69) is 9.47 Å². The summed E-state index contributed by atoms with van der Waals surface area (Å²) in [6.07, 6.45) is 2.38. The molecule has 0 saturated carbocycles. The molecular weight excluding hydrogens is 242 g/mol. The molecule has 0 saturated heterocycles. The lowest BCUT2D eigenvalue weighted by Gasteiger charge is -2.13. The molecule has 0 spiro atoms. The maximum atomic E-state index is 11.2. The van der Waals surface area contributed by atoms with Crippen molar-refractivity contribution >= 4 is 24.3 Å². The number of amides is 2. The van der Waals surface area contributed by atoms with Gasteiger partial charge in [-0.25, -0.2) is 9.59 Å². The van der Waals surface area contributed by atoms with E-state index in [4.69, 9.17) is 0 Å². The summed E-state index contributed by atoms with van der Waals surface area (Å²) in [4.78, 5) is 44.3. The Morgan fingerprint density at radius 3 is 2.28 bits per heavy atom. The molecule has 7 nitrogen and oxygen atoms in total. The highest BCUT2D eigenvalue weighted by Gasteiger charge is 2.10. The number of ether oxygens (including phenoxy) is 2. The minimum atomic E-state index is -0.754. The zero-order chi connectivity index (χ0) is 14.0. The molecule has 0 aromatic carbocycles. The molecule has 7 heteroatoms. The third-order valence-corrected chi connectivity index (χ3v) is 1.88. The summed E-state index contributed by atoms with van der Waals surface area (Å²) < 4.78 is 8.95. The molecule has 0 aliphatic rings. The van der Waals surface area contributed by atoms with Crippen LogP contribution in [0.1, 0.15) is 13.3 Å². The molecule has 0 N–H and O–H groups in total. The maximum Gasteiger partial charge on any atom is 0.331 e. The highest BCUT2D eigenvalue weighted by atomic mass is 16.5. The van der Waals surface area contributed by atoms with E-state index in [1.807, 2.05) is 0 Å². The number of methoxy groups -OCH3 is 1. The first kappa shape index (κ1) is 15.8. The Hall–Kier alpha value is -2.18. The first-order chi connectivity index (χ1) is 8.54. The van der Waals surface area contributed by atoms with Crippen molar-refractivity contribution in [3.05, 3.63) is 12.2 Å². The van der Waals surface area contributed by atoms with Crippen LogP contribution in [0.2, 0.25) is 0 Å². The second-order valence-corrected chi connectivity index (χ2v) is 3.07. The quantitative estimate of drug-likeness (QED) is 0.352. The Morgan fingerprint density at radius 2 is 1.78 bits per heavy atom. The van der Waals surface area contributed by atoms with Crippen molar-refractivity contribution in [1.82, 2.24) is 4.90 Å². The molecule has 100 valence electrons. The number of carbonyl (C=O) groups is 4. The van der Waals surface area contributed by atoms with E-state index in [0.29, 0.717) is 6.41 Å². The number of hydrogen-bond donors (Lipinski definition) is 0. The van der Waals surface area contributed by atoms with E-state index in [-0.39, 0.29) is 25.5 Å². The number of imide groups is 1. The van der Waals surface area contributed by atoms with Crippen molar-refractivity contribution < 1.29 is 28.7 Å². The van der Waals surface area contributed by atoms with Gasteiger partial charge in [-0.15, -0.1) is 0 Å². The second kappa shape index (κ2) is 8.91. The lowest BCUT2D eigenvalue weighted by Crippen LogP contribution is -2.32. The van der Waals surface area contributed by atoms with Gasteiger partial charge in [0.15, 0.2) is 0 Å². The van der Waals surface area contributed by atoms with Crippen LogP contribution >= 0.6 is 0 Å². The van der Waals surface area contributed by atoms with E-state index in [1.54, 1.807) is 6.92 Å². The van der Waals surface area contributed by atoms with Gasteiger partial charge in [0.2, 0.25) is 12.3 Å². The van der Waals surface area contributed by atoms with Crippen LogP contribution in [0.5, 0.6) is 0 Å². The fraction of sp³-hybridized carbons (Fsp3) is 0.455. The predicted octanol–water partition coefficient (Wildman–Crippen LogP) is -0.346. The lowest BCUT2D eigenvalue weighted by atomic mass is 10.4. The van der Waals surface area contributed by atoms with Gasteiger partial charge in [0.1, 0.15) is 6.61 Å². The number of esters is 2. The zero-order valence-corrected chi connectivity index (χ0v) is 10.3. The summed E-state index contributed by atoms with van der Waals surface area (Å²) in [7, 11) is 1.18. The van der Waals surface area contributed by atoms with Crippen LogP contribution in [-0.2, 0) is 28.7 Å². The molecule has 0 fully saturated rings. The molecule has 0 aliphatic heterocycles. The van der Waals surface area contributed by atoms with Crippen LogP contribution in [0.3, 0.4) is 0 Å². The van der Waals surface area contributed by atoms with E-state index in [9.17, 15) is 19.2 Å². The van der Waals surface area contributed by atoms with Gasteiger partial charge in [-0.2, -0.15) is 0 Å².